The van der Waals surface area contributed by atoms with Gasteiger partial charge in [0.15, 0.2) is 5.69 Å². The molecular formula is C47H42N12O8S6. The van der Waals surface area contributed by atoms with Crippen LogP contribution in [0.25, 0.3) is 43.4 Å². The second kappa shape index (κ2) is 22.0. The van der Waals surface area contributed by atoms with Gasteiger partial charge in [0, 0.05) is 44.4 Å². The highest BCUT2D eigenvalue weighted by molar-refractivity contribution is 7.15. The van der Waals surface area contributed by atoms with Crippen molar-refractivity contribution in [1.82, 2.24) is 61.5 Å². The number of carbonyl (C=O) groups is 6. The van der Waals surface area contributed by atoms with Crippen LogP contribution in [0, 0.1) is 12.8 Å². The number of thiazole rings is 6. The summed E-state index contributed by atoms with van der Waals surface area (Å²) >= 11 is 7.17. The van der Waals surface area contributed by atoms with Crippen LogP contribution in [0.5, 0.6) is 0 Å². The van der Waals surface area contributed by atoms with E-state index in [2.05, 4.69) is 41.5 Å². The number of benzene rings is 1. The van der Waals surface area contributed by atoms with Crippen molar-refractivity contribution in [2.24, 2.45) is 5.92 Å². The zero-order chi connectivity index (χ0) is 51.5. The lowest BCUT2D eigenvalue weighted by Gasteiger charge is -2.23. The number of rotatable bonds is 7. The van der Waals surface area contributed by atoms with E-state index in [4.69, 9.17) is 24.7 Å². The Kier molecular flexibility index (Phi) is 15.3. The number of aliphatic hydroxyl groups is 1. The number of esters is 1. The van der Waals surface area contributed by atoms with Crippen molar-refractivity contribution in [3.63, 3.8) is 0 Å². The van der Waals surface area contributed by atoms with Crippen molar-refractivity contribution < 1.29 is 38.6 Å². The molecule has 0 unspecified atom stereocenters. The number of methoxy groups -OCH3 is 1. The van der Waals surface area contributed by atoms with E-state index in [9.17, 15) is 33.9 Å². The average molecular weight is 1100 g/mol. The molecule has 7 aromatic heterocycles. The van der Waals surface area contributed by atoms with Crippen LogP contribution in [-0.4, -0.2) is 96.2 Å². The third kappa shape index (κ3) is 11.1. The minimum Gasteiger partial charge on any atom is -0.464 e. The molecule has 6 N–H and O–H groups in total. The first kappa shape index (κ1) is 50.9. The van der Waals surface area contributed by atoms with Crippen LogP contribution in [0.2, 0.25) is 0 Å². The number of pyridine rings is 1. The molecule has 4 atom stereocenters. The molecule has 0 fully saturated rings. The fourth-order valence-corrected chi connectivity index (χ4v) is 12.7. The lowest BCUT2D eigenvalue weighted by Crippen LogP contribution is -2.40. The van der Waals surface area contributed by atoms with Gasteiger partial charge >= 0.3 is 5.97 Å². The molecule has 374 valence electrons. The molecular weight excluding hydrogens is 1050 g/mol. The topological polar surface area (TPSA) is 282 Å². The van der Waals surface area contributed by atoms with E-state index >= 15 is 0 Å². The van der Waals surface area contributed by atoms with Crippen LogP contribution in [0.4, 0.5) is 0 Å². The van der Waals surface area contributed by atoms with Gasteiger partial charge in [-0.25, -0.2) is 39.7 Å². The standard InChI is InChI=1S/C47H42N12O8S6/c1-20(2)33-45-54-27(16-71-45)38(63)49-14-32(61)57-36(37(62)22-9-7-6-8-10-22)46-55-29(18-72-46)43-52-26(15-69-43)35-23(11-12-24(50-35)42-56-30(19-70-42)47(66)67-5)41-53-28(17-68-41)39(64)51-25(13-31(60)48-4)44-59-34(21(3)73-44)40(65)58-33/h6-12,15-20,25,33,36-37,62H,13-14H2,1-5H3,(H,48,60)(H,49,63)(H,51,64)(H,57,61)(H,58,65)/t25-,33+,36+,37+/m1/s1. The Morgan fingerprint density at radius 2 is 1.34 bits per heavy atom. The number of aromatic nitrogens is 7. The summed E-state index contributed by atoms with van der Waals surface area (Å²) in [6.07, 6.45) is -1.44. The van der Waals surface area contributed by atoms with Crippen LogP contribution in [0.3, 0.4) is 0 Å². The van der Waals surface area contributed by atoms with E-state index in [0.29, 0.717) is 68.8 Å². The number of aryl methyl sites for hydroxylation is 1. The normalized spacial score (nSPS) is 16.9. The van der Waals surface area contributed by atoms with Crippen molar-refractivity contribution in [2.45, 2.75) is 51.4 Å². The SMILES string of the molecule is CNC(=O)C[C@H]1NC(=O)c2csc(n2)-c2ccc(-c3nc(C(=O)OC)cs3)nc2-c2csc(n2)-c2csc(n2)[C@H]([C@@H](O)c2ccccc2)NC(=O)CNC(=O)c2csc(n2)[C@H](C(C)C)NC(=O)c2nc1sc2C. The quantitative estimate of drug-likeness (QED) is 0.0881. The van der Waals surface area contributed by atoms with Crippen molar-refractivity contribution >= 4 is 104 Å². The molecule has 0 aliphatic carbocycles. The van der Waals surface area contributed by atoms with Crippen LogP contribution in [-0.2, 0) is 14.3 Å². The summed E-state index contributed by atoms with van der Waals surface area (Å²) in [6.45, 7) is 5.02. The summed E-state index contributed by atoms with van der Waals surface area (Å²) in [7, 11) is 2.74. The van der Waals surface area contributed by atoms with Gasteiger partial charge in [-0.1, -0.05) is 44.2 Å². The van der Waals surface area contributed by atoms with Crippen molar-refractivity contribution in [1.29, 1.82) is 0 Å². The molecule has 1 aromatic carbocycles. The van der Waals surface area contributed by atoms with Crippen molar-refractivity contribution in [2.75, 3.05) is 20.7 Å². The monoisotopic (exact) mass is 1090 g/mol. The molecule has 0 spiro atoms. The largest absolute Gasteiger partial charge is 0.464 e. The minimum atomic E-state index is -1.24. The third-order valence-corrected chi connectivity index (χ3v) is 16.7. The summed E-state index contributed by atoms with van der Waals surface area (Å²) in [5.41, 5.74) is 2.96. The number of hydrogen-bond donors (Lipinski definition) is 6. The van der Waals surface area contributed by atoms with E-state index in [1.807, 2.05) is 13.8 Å². The predicted molar refractivity (Wildman–Crippen MR) is 278 cm³/mol. The zero-order valence-electron chi connectivity index (χ0n) is 39.1. The number of fused-ring (bicyclic) bond motifs is 14. The van der Waals surface area contributed by atoms with E-state index in [1.165, 1.54) is 64.9 Å². The van der Waals surface area contributed by atoms with E-state index in [0.717, 1.165) is 22.7 Å². The molecule has 1 aliphatic heterocycles. The first-order valence-corrected chi connectivity index (χ1v) is 27.4. The van der Waals surface area contributed by atoms with E-state index in [1.54, 1.807) is 70.9 Å². The Bertz CT molecular complexity index is 3380. The first-order chi connectivity index (χ1) is 35.2. The maximum absolute atomic E-state index is 14.1. The molecule has 26 heteroatoms. The fourth-order valence-electron chi connectivity index (χ4n) is 7.41. The molecule has 0 saturated heterocycles. The smallest absolute Gasteiger partial charge is 0.357 e. The van der Waals surface area contributed by atoms with Gasteiger partial charge in [0.05, 0.1) is 37.9 Å². The van der Waals surface area contributed by atoms with Crippen LogP contribution in [0.1, 0.15) is 112 Å². The molecule has 5 amide bonds. The van der Waals surface area contributed by atoms with Gasteiger partial charge in [-0.15, -0.1) is 68.0 Å². The Labute approximate surface area is 439 Å². The summed E-state index contributed by atoms with van der Waals surface area (Å²) < 4.78 is 4.87. The number of nitrogens with zero attached hydrogens (tertiary/aromatic N) is 7. The third-order valence-electron chi connectivity index (χ3n) is 11.2. The number of amides is 5. The Morgan fingerprint density at radius 3 is 2.10 bits per heavy atom. The Hall–Kier alpha value is -7.07. The van der Waals surface area contributed by atoms with Gasteiger partial charge in [0.25, 0.3) is 17.7 Å². The van der Waals surface area contributed by atoms with Gasteiger partial charge in [-0.05, 0) is 30.5 Å². The number of carbonyl (C=O) groups excluding carboxylic acids is 6. The Morgan fingerprint density at radius 1 is 0.685 bits per heavy atom. The number of aliphatic hydroxyl groups excluding tert-OH is 1. The number of ether oxygens (including phenoxy) is 1. The highest BCUT2D eigenvalue weighted by Gasteiger charge is 2.32. The molecule has 10 bridgehead atoms. The van der Waals surface area contributed by atoms with Crippen LogP contribution in [0.15, 0.2) is 69.4 Å². The van der Waals surface area contributed by atoms with Crippen LogP contribution >= 0.6 is 68.0 Å². The molecule has 9 rings (SSSR count). The minimum absolute atomic E-state index is 0.0296. The van der Waals surface area contributed by atoms with Gasteiger partial charge in [0.2, 0.25) is 11.8 Å². The summed E-state index contributed by atoms with van der Waals surface area (Å²) in [5, 5.41) is 36.4. The zero-order valence-corrected chi connectivity index (χ0v) is 44.0. The molecule has 1 aliphatic rings. The highest BCUT2D eigenvalue weighted by Crippen LogP contribution is 2.39. The number of hydrogen-bond acceptors (Lipinski definition) is 21. The van der Waals surface area contributed by atoms with Gasteiger partial charge in [0.1, 0.15) is 76.4 Å². The van der Waals surface area contributed by atoms with Gasteiger partial charge in [-0.3, -0.25) is 24.0 Å². The molecule has 8 aromatic rings. The lowest BCUT2D eigenvalue weighted by atomic mass is 10.0. The maximum atomic E-state index is 14.1. The summed E-state index contributed by atoms with van der Waals surface area (Å²) in [5.74, 6) is -3.56. The lowest BCUT2D eigenvalue weighted by molar-refractivity contribution is -0.122. The average Bonchev–Trinajstić information content (AvgIpc) is 4.26. The van der Waals surface area contributed by atoms with E-state index in [-0.39, 0.29) is 41.0 Å². The summed E-state index contributed by atoms with van der Waals surface area (Å²) in [4.78, 5) is 114. The molecule has 20 nitrogen and oxygen atoms in total. The second-order valence-electron chi connectivity index (χ2n) is 16.5. The Balaban J connectivity index is 1.12. The summed E-state index contributed by atoms with van der Waals surface area (Å²) in [6, 6.07) is 9.63. The van der Waals surface area contributed by atoms with Gasteiger partial charge in [-0.2, -0.15) is 0 Å². The predicted octanol–water partition coefficient (Wildman–Crippen LogP) is 6.95. The van der Waals surface area contributed by atoms with Crippen molar-refractivity contribution in [3.05, 3.63) is 118 Å². The highest BCUT2D eigenvalue weighted by atomic mass is 32.1. The number of nitrogens with one attached hydrogen (secondary N) is 5. The maximum Gasteiger partial charge on any atom is 0.357 e. The van der Waals surface area contributed by atoms with Gasteiger partial charge < -0.3 is 36.4 Å². The molecule has 8 heterocycles. The molecule has 0 radical (unpaired) electrons. The van der Waals surface area contributed by atoms with E-state index < -0.39 is 60.4 Å². The first-order valence-electron chi connectivity index (χ1n) is 22.2. The fraction of sp³-hybridized carbons (Fsp3) is 0.255. The van der Waals surface area contributed by atoms with Crippen LogP contribution < -0.4 is 26.6 Å². The molecule has 0 saturated carbocycles. The van der Waals surface area contributed by atoms with Crippen molar-refractivity contribution in [3.8, 4) is 43.4 Å². The second-order valence-corrected chi connectivity index (χ2v) is 22.1. The molecule has 73 heavy (non-hydrogen) atoms.